The molecule has 1 aliphatic carbocycles. The minimum absolute atomic E-state index is 0.0721. The van der Waals surface area contributed by atoms with E-state index in [-0.39, 0.29) is 5.91 Å². The summed E-state index contributed by atoms with van der Waals surface area (Å²) >= 11 is 5.22. The fraction of sp³-hybridized carbons (Fsp3) is 0.409. The molecule has 1 aliphatic heterocycles. The number of rotatable bonds is 3. The van der Waals surface area contributed by atoms with Crippen LogP contribution in [0, 0.1) is 0 Å². The first-order valence-corrected chi connectivity index (χ1v) is 12.2. The molecule has 3 aromatic rings. The molecule has 0 saturated carbocycles. The normalized spacial score (nSPS) is 17.0. The molecule has 0 bridgehead atoms. The Bertz CT molecular complexity index is 1050. The topological polar surface area (TPSA) is 54.3 Å². The number of benzene rings is 1. The summed E-state index contributed by atoms with van der Waals surface area (Å²) in [7, 11) is 0. The lowest BCUT2D eigenvalue weighted by Crippen LogP contribution is -2.36. The zero-order valence-corrected chi connectivity index (χ0v) is 19.2. The average molecular weight is 486 g/mol. The number of carbonyl (C=O) groups excluding carboxylic acids is 1. The highest BCUT2D eigenvalue weighted by Crippen LogP contribution is 2.29. The molecule has 0 spiro atoms. The maximum atomic E-state index is 13.5. The van der Waals surface area contributed by atoms with Crippen molar-refractivity contribution >= 4 is 38.3 Å². The van der Waals surface area contributed by atoms with Gasteiger partial charge >= 0.3 is 0 Å². The largest absolute Gasteiger partial charge is 0.346 e. The standard InChI is InChI=1S/C22H24BrN5OS/c23-16-5-3-6-17(15-16)28-19-8-2-1-7-18(19)20(25-28)21(29)26-10-4-11-27(13-12-26)22-24-9-14-30-22/h3,5-6,9,14-15H,1-2,4,7-8,10-13H2. The SMILES string of the molecule is O=C(c1nn(-c2cccc(Br)c2)c2c1CCCC2)N1CCCN(c2nccs2)CC1. The molecule has 2 aromatic heterocycles. The molecule has 0 atom stereocenters. The average Bonchev–Trinajstić information content (AvgIpc) is 3.36. The smallest absolute Gasteiger partial charge is 0.274 e. The number of thiazole rings is 1. The molecule has 6 nitrogen and oxygen atoms in total. The van der Waals surface area contributed by atoms with Crippen molar-refractivity contribution < 1.29 is 4.79 Å². The Kier molecular flexibility index (Phi) is 5.60. The Morgan fingerprint density at radius 1 is 1.07 bits per heavy atom. The number of amides is 1. The van der Waals surface area contributed by atoms with Gasteiger partial charge in [-0.05, 0) is 50.3 Å². The zero-order chi connectivity index (χ0) is 20.5. The molecule has 0 unspecified atom stereocenters. The van der Waals surface area contributed by atoms with Crippen LogP contribution in [0.25, 0.3) is 5.69 Å². The zero-order valence-electron chi connectivity index (χ0n) is 16.8. The predicted molar refractivity (Wildman–Crippen MR) is 123 cm³/mol. The van der Waals surface area contributed by atoms with Gasteiger partial charge in [0.05, 0.1) is 5.69 Å². The summed E-state index contributed by atoms with van der Waals surface area (Å²) < 4.78 is 3.01. The van der Waals surface area contributed by atoms with Crippen LogP contribution < -0.4 is 4.90 Å². The van der Waals surface area contributed by atoms with Gasteiger partial charge in [0.25, 0.3) is 5.91 Å². The highest BCUT2D eigenvalue weighted by atomic mass is 79.9. The van der Waals surface area contributed by atoms with Crippen molar-refractivity contribution in [2.75, 3.05) is 31.1 Å². The van der Waals surface area contributed by atoms with Gasteiger partial charge in [-0.2, -0.15) is 5.10 Å². The van der Waals surface area contributed by atoms with Crippen LogP contribution in [0.1, 0.15) is 41.0 Å². The van der Waals surface area contributed by atoms with Gasteiger partial charge in [-0.25, -0.2) is 9.67 Å². The van der Waals surface area contributed by atoms with Crippen LogP contribution in [0.3, 0.4) is 0 Å². The lowest BCUT2D eigenvalue weighted by Gasteiger charge is -2.21. The highest BCUT2D eigenvalue weighted by Gasteiger charge is 2.29. The van der Waals surface area contributed by atoms with E-state index >= 15 is 0 Å². The second-order valence-corrected chi connectivity index (χ2v) is 9.61. The number of hydrogen-bond donors (Lipinski definition) is 0. The highest BCUT2D eigenvalue weighted by molar-refractivity contribution is 9.10. The van der Waals surface area contributed by atoms with Crippen LogP contribution in [0.2, 0.25) is 0 Å². The number of hydrogen-bond acceptors (Lipinski definition) is 5. The molecule has 1 fully saturated rings. The molecule has 0 radical (unpaired) electrons. The van der Waals surface area contributed by atoms with E-state index in [1.54, 1.807) is 11.3 Å². The number of halogens is 1. The molecular weight excluding hydrogens is 462 g/mol. The van der Waals surface area contributed by atoms with Gasteiger partial charge in [-0.15, -0.1) is 11.3 Å². The first-order valence-electron chi connectivity index (χ1n) is 10.5. The van der Waals surface area contributed by atoms with Gasteiger partial charge in [-0.3, -0.25) is 4.79 Å². The fourth-order valence-electron chi connectivity index (χ4n) is 4.43. The Morgan fingerprint density at radius 2 is 1.97 bits per heavy atom. The maximum absolute atomic E-state index is 13.5. The Labute approximate surface area is 188 Å². The molecular formula is C22H24BrN5OS. The van der Waals surface area contributed by atoms with E-state index in [0.717, 1.165) is 72.6 Å². The number of anilines is 1. The van der Waals surface area contributed by atoms with E-state index in [9.17, 15) is 4.79 Å². The number of fused-ring (bicyclic) bond motifs is 1. The fourth-order valence-corrected chi connectivity index (χ4v) is 5.51. The number of carbonyl (C=O) groups is 1. The minimum Gasteiger partial charge on any atom is -0.346 e. The van der Waals surface area contributed by atoms with Gasteiger partial charge in [0, 0.05) is 53.5 Å². The third-order valence-electron chi connectivity index (χ3n) is 5.91. The summed E-state index contributed by atoms with van der Waals surface area (Å²) in [6, 6.07) is 8.14. The molecule has 2 aliphatic rings. The van der Waals surface area contributed by atoms with Gasteiger partial charge in [0.2, 0.25) is 0 Å². The van der Waals surface area contributed by atoms with E-state index in [2.05, 4.69) is 37.9 Å². The molecule has 1 aromatic carbocycles. The second kappa shape index (κ2) is 8.51. The van der Waals surface area contributed by atoms with Gasteiger partial charge in [-0.1, -0.05) is 22.0 Å². The molecule has 8 heteroatoms. The van der Waals surface area contributed by atoms with Crippen LogP contribution in [0.5, 0.6) is 0 Å². The number of aromatic nitrogens is 3. The van der Waals surface area contributed by atoms with Gasteiger partial charge in [0.15, 0.2) is 10.8 Å². The van der Waals surface area contributed by atoms with Crippen LogP contribution >= 0.6 is 27.3 Å². The van der Waals surface area contributed by atoms with Crippen LogP contribution in [0.4, 0.5) is 5.13 Å². The second-order valence-electron chi connectivity index (χ2n) is 7.82. The quantitative estimate of drug-likeness (QED) is 0.554. The van der Waals surface area contributed by atoms with E-state index in [0.29, 0.717) is 12.2 Å². The molecule has 1 saturated heterocycles. The van der Waals surface area contributed by atoms with E-state index in [1.165, 1.54) is 5.69 Å². The molecule has 5 rings (SSSR count). The lowest BCUT2D eigenvalue weighted by atomic mass is 9.95. The molecule has 30 heavy (non-hydrogen) atoms. The summed E-state index contributed by atoms with van der Waals surface area (Å²) in [6.45, 7) is 3.21. The van der Waals surface area contributed by atoms with Crippen molar-refractivity contribution in [1.82, 2.24) is 19.7 Å². The first kappa shape index (κ1) is 19.8. The first-order chi connectivity index (χ1) is 14.7. The molecule has 0 N–H and O–H groups in total. The van der Waals surface area contributed by atoms with E-state index in [4.69, 9.17) is 5.10 Å². The third kappa shape index (κ3) is 3.78. The summed E-state index contributed by atoms with van der Waals surface area (Å²) in [4.78, 5) is 22.2. The summed E-state index contributed by atoms with van der Waals surface area (Å²) in [5, 5.41) is 7.90. The van der Waals surface area contributed by atoms with E-state index in [1.807, 2.05) is 33.3 Å². The minimum atomic E-state index is 0.0721. The van der Waals surface area contributed by atoms with Crippen LogP contribution in [0.15, 0.2) is 40.3 Å². The lowest BCUT2D eigenvalue weighted by molar-refractivity contribution is 0.0759. The van der Waals surface area contributed by atoms with Crippen molar-refractivity contribution in [3.05, 3.63) is 57.3 Å². The Hall–Kier alpha value is -2.19. The van der Waals surface area contributed by atoms with Crippen molar-refractivity contribution in [2.45, 2.75) is 32.1 Å². The molecule has 1 amide bonds. The van der Waals surface area contributed by atoms with Gasteiger partial charge < -0.3 is 9.80 Å². The van der Waals surface area contributed by atoms with Crippen molar-refractivity contribution in [3.8, 4) is 5.69 Å². The Morgan fingerprint density at radius 3 is 2.80 bits per heavy atom. The summed E-state index contributed by atoms with van der Waals surface area (Å²) in [5.41, 5.74) is 3.99. The number of nitrogens with zero attached hydrogens (tertiary/aromatic N) is 5. The third-order valence-corrected chi connectivity index (χ3v) is 7.23. The van der Waals surface area contributed by atoms with Crippen molar-refractivity contribution in [3.63, 3.8) is 0 Å². The maximum Gasteiger partial charge on any atom is 0.274 e. The van der Waals surface area contributed by atoms with Crippen LogP contribution in [-0.2, 0) is 12.8 Å². The summed E-state index contributed by atoms with van der Waals surface area (Å²) in [5.74, 6) is 0.0721. The Balaban J connectivity index is 1.43. The van der Waals surface area contributed by atoms with E-state index < -0.39 is 0 Å². The monoisotopic (exact) mass is 485 g/mol. The van der Waals surface area contributed by atoms with Crippen molar-refractivity contribution in [2.24, 2.45) is 0 Å². The summed E-state index contributed by atoms with van der Waals surface area (Å²) in [6.07, 6.45) is 6.96. The predicted octanol–water partition coefficient (Wildman–Crippen LogP) is 4.32. The van der Waals surface area contributed by atoms with Crippen LogP contribution in [-0.4, -0.2) is 51.8 Å². The van der Waals surface area contributed by atoms with Crippen molar-refractivity contribution in [1.29, 1.82) is 0 Å². The van der Waals surface area contributed by atoms with Gasteiger partial charge in [0.1, 0.15) is 0 Å². The molecule has 3 heterocycles. The molecule has 156 valence electrons.